The van der Waals surface area contributed by atoms with Gasteiger partial charge >= 0.3 is 0 Å². The predicted molar refractivity (Wildman–Crippen MR) is 101 cm³/mol. The average Bonchev–Trinajstić information content (AvgIpc) is 3.25. The number of anilines is 1. The number of aryl methyl sites for hydroxylation is 1. The zero-order valence-electron chi connectivity index (χ0n) is 15.5. The van der Waals surface area contributed by atoms with Crippen molar-refractivity contribution in [3.05, 3.63) is 29.4 Å². The molecular formula is C21H24N4O2. The summed E-state index contributed by atoms with van der Waals surface area (Å²) in [5.41, 5.74) is 3.78. The summed E-state index contributed by atoms with van der Waals surface area (Å²) < 4.78 is 5.47. The molecule has 2 heterocycles. The minimum absolute atomic E-state index is 0.394. The topological polar surface area (TPSA) is 84.1 Å². The van der Waals surface area contributed by atoms with Gasteiger partial charge in [-0.25, -0.2) is 0 Å². The van der Waals surface area contributed by atoms with Gasteiger partial charge in [0.2, 0.25) is 0 Å². The average molecular weight is 364 g/mol. The Bertz CT molecular complexity index is 934. The molecule has 0 spiro atoms. The van der Waals surface area contributed by atoms with Gasteiger partial charge in [0.05, 0.1) is 22.5 Å². The van der Waals surface area contributed by atoms with Crippen LogP contribution in [0.25, 0.3) is 17.5 Å². The Morgan fingerprint density at radius 3 is 2.74 bits per heavy atom. The standard InChI is InChI=1S/C21H24N4O2/c1-11-23-20(27-25-11)16-10-22-17-4-2-3-15(17)19(16)24-18-13-5-12-6-14(18)9-21(26,7-12)8-13/h2-3,10,12-14,18,26H,4-9H2,1H3,(H,22,24)/t12?,13-,14+,18?,21?. The Kier molecular flexibility index (Phi) is 3.17. The second kappa shape index (κ2) is 5.41. The van der Waals surface area contributed by atoms with E-state index in [1.54, 1.807) is 0 Å². The van der Waals surface area contributed by atoms with E-state index in [9.17, 15) is 5.11 Å². The van der Waals surface area contributed by atoms with Crippen molar-refractivity contribution < 1.29 is 9.63 Å². The number of fused-ring (bicyclic) bond motifs is 1. The quantitative estimate of drug-likeness (QED) is 0.869. The molecule has 2 aromatic rings. The third-order valence-electron chi connectivity index (χ3n) is 7.10. The molecule has 0 amide bonds. The van der Waals surface area contributed by atoms with E-state index in [-0.39, 0.29) is 0 Å². The molecule has 6 nitrogen and oxygen atoms in total. The van der Waals surface area contributed by atoms with E-state index in [1.807, 2.05) is 13.1 Å². The lowest BCUT2D eigenvalue weighted by atomic mass is 9.52. The fourth-order valence-corrected chi connectivity index (χ4v) is 6.30. The van der Waals surface area contributed by atoms with Crippen LogP contribution in [0, 0.1) is 24.7 Å². The molecule has 4 saturated carbocycles. The molecule has 0 saturated heterocycles. The molecule has 27 heavy (non-hydrogen) atoms. The number of hydrogen-bond acceptors (Lipinski definition) is 6. The van der Waals surface area contributed by atoms with Crippen molar-refractivity contribution in [1.29, 1.82) is 0 Å². The van der Waals surface area contributed by atoms with Crippen molar-refractivity contribution in [2.75, 3.05) is 5.32 Å². The van der Waals surface area contributed by atoms with Gasteiger partial charge in [-0.1, -0.05) is 17.3 Å². The van der Waals surface area contributed by atoms with Crippen molar-refractivity contribution >= 4 is 11.8 Å². The highest BCUT2D eigenvalue weighted by Gasteiger charge is 2.54. The summed E-state index contributed by atoms with van der Waals surface area (Å²) in [6, 6.07) is 0.394. The normalized spacial score (nSPS) is 35.6. The highest BCUT2D eigenvalue weighted by Crippen LogP contribution is 2.56. The van der Waals surface area contributed by atoms with Crippen molar-refractivity contribution in [3.8, 4) is 11.5 Å². The van der Waals surface area contributed by atoms with Crippen LogP contribution in [-0.2, 0) is 6.42 Å². The highest BCUT2D eigenvalue weighted by molar-refractivity contribution is 5.83. The zero-order chi connectivity index (χ0) is 18.2. The van der Waals surface area contributed by atoms with Gasteiger partial charge in [0.1, 0.15) is 0 Å². The molecule has 6 heteroatoms. The number of nitrogens with one attached hydrogen (secondary N) is 1. The fraction of sp³-hybridized carbons (Fsp3) is 0.571. The number of hydrogen-bond donors (Lipinski definition) is 2. The van der Waals surface area contributed by atoms with Gasteiger partial charge in [0.15, 0.2) is 5.82 Å². The lowest BCUT2D eigenvalue weighted by Crippen LogP contribution is -2.59. The number of rotatable bonds is 3. The second-order valence-electron chi connectivity index (χ2n) is 9.02. The second-order valence-corrected chi connectivity index (χ2v) is 9.02. The molecule has 2 N–H and O–H groups in total. The summed E-state index contributed by atoms with van der Waals surface area (Å²) in [5.74, 6) is 2.92. The van der Waals surface area contributed by atoms with Gasteiger partial charge in [-0.05, 0) is 56.8 Å². The van der Waals surface area contributed by atoms with E-state index in [4.69, 9.17) is 4.52 Å². The minimum atomic E-state index is -0.415. The number of nitrogens with zero attached hydrogens (tertiary/aromatic N) is 3. The molecule has 5 aliphatic rings. The van der Waals surface area contributed by atoms with E-state index in [0.29, 0.717) is 35.5 Å². The van der Waals surface area contributed by atoms with Crippen molar-refractivity contribution in [2.45, 2.75) is 57.1 Å². The third-order valence-corrected chi connectivity index (χ3v) is 7.10. The summed E-state index contributed by atoms with van der Waals surface area (Å²) in [6.07, 6.45) is 12.4. The molecule has 3 unspecified atom stereocenters. The molecule has 2 aromatic heterocycles. The first-order valence-electron chi connectivity index (χ1n) is 10.1. The highest BCUT2D eigenvalue weighted by atomic mass is 16.5. The number of pyridine rings is 1. The molecule has 5 atom stereocenters. The van der Waals surface area contributed by atoms with Crippen LogP contribution in [0.15, 0.2) is 16.8 Å². The maximum Gasteiger partial charge on any atom is 0.261 e. The van der Waals surface area contributed by atoms with Crippen molar-refractivity contribution in [2.24, 2.45) is 17.8 Å². The Morgan fingerprint density at radius 2 is 2.04 bits per heavy atom. The smallest absolute Gasteiger partial charge is 0.261 e. The Hall–Kier alpha value is -2.21. The first-order valence-corrected chi connectivity index (χ1v) is 10.1. The number of aliphatic hydroxyl groups is 1. The summed E-state index contributed by atoms with van der Waals surface area (Å²) >= 11 is 0. The van der Waals surface area contributed by atoms with Gasteiger partial charge < -0.3 is 14.9 Å². The Morgan fingerprint density at radius 1 is 1.22 bits per heavy atom. The predicted octanol–water partition coefficient (Wildman–Crippen LogP) is 3.36. The van der Waals surface area contributed by atoms with Gasteiger partial charge in [0, 0.05) is 24.2 Å². The van der Waals surface area contributed by atoms with Gasteiger partial charge in [-0.15, -0.1) is 0 Å². The first-order chi connectivity index (χ1) is 13.1. The molecule has 0 radical (unpaired) electrons. The van der Waals surface area contributed by atoms with E-state index >= 15 is 0 Å². The first kappa shape index (κ1) is 15.8. The van der Waals surface area contributed by atoms with Crippen LogP contribution < -0.4 is 5.32 Å². The van der Waals surface area contributed by atoms with Crippen LogP contribution in [0.5, 0.6) is 0 Å². The minimum Gasteiger partial charge on any atom is -0.390 e. The summed E-state index contributed by atoms with van der Waals surface area (Å²) in [5, 5.41) is 18.7. The Balaban J connectivity index is 1.41. The van der Waals surface area contributed by atoms with Crippen LogP contribution in [0.2, 0.25) is 0 Å². The van der Waals surface area contributed by atoms with Crippen LogP contribution in [0.4, 0.5) is 5.69 Å². The van der Waals surface area contributed by atoms with Gasteiger partial charge in [-0.2, -0.15) is 4.98 Å². The molecule has 7 rings (SSSR count). The SMILES string of the molecule is Cc1noc(-c2cnc3c(c2NC2[C@@H]4CC5C[C@H]2CC(O)(C5)C4)C=CC3)n1. The molecular weight excluding hydrogens is 340 g/mol. The van der Waals surface area contributed by atoms with Crippen LogP contribution in [0.1, 0.15) is 49.2 Å². The van der Waals surface area contributed by atoms with E-state index in [2.05, 4.69) is 32.6 Å². The van der Waals surface area contributed by atoms with Crippen LogP contribution in [0.3, 0.4) is 0 Å². The summed E-state index contributed by atoms with van der Waals surface area (Å²) in [4.78, 5) is 9.07. The molecule has 140 valence electrons. The number of aromatic nitrogens is 3. The van der Waals surface area contributed by atoms with Crippen LogP contribution in [-0.4, -0.2) is 31.9 Å². The Labute approximate surface area is 158 Å². The third kappa shape index (κ3) is 2.39. The van der Waals surface area contributed by atoms with Crippen molar-refractivity contribution in [3.63, 3.8) is 0 Å². The largest absolute Gasteiger partial charge is 0.390 e. The monoisotopic (exact) mass is 364 g/mol. The zero-order valence-corrected chi connectivity index (χ0v) is 15.5. The molecule has 0 aromatic carbocycles. The lowest BCUT2D eigenvalue weighted by molar-refractivity contribution is -0.129. The summed E-state index contributed by atoms with van der Waals surface area (Å²) in [6.45, 7) is 1.83. The maximum atomic E-state index is 10.9. The fourth-order valence-electron chi connectivity index (χ4n) is 6.30. The maximum absolute atomic E-state index is 10.9. The molecule has 4 bridgehead atoms. The molecule has 0 aliphatic heterocycles. The van der Waals surface area contributed by atoms with Crippen molar-refractivity contribution in [1.82, 2.24) is 15.1 Å². The van der Waals surface area contributed by atoms with Crippen LogP contribution >= 0.6 is 0 Å². The molecule has 5 aliphatic carbocycles. The lowest BCUT2D eigenvalue weighted by Gasteiger charge is -2.58. The summed E-state index contributed by atoms with van der Waals surface area (Å²) in [7, 11) is 0. The van der Waals surface area contributed by atoms with Gasteiger partial charge in [-0.3, -0.25) is 4.98 Å². The number of allylic oxidation sites excluding steroid dienone is 1. The molecule has 4 fully saturated rings. The van der Waals surface area contributed by atoms with E-state index < -0.39 is 5.60 Å². The van der Waals surface area contributed by atoms with Gasteiger partial charge in [0.25, 0.3) is 5.89 Å². The van der Waals surface area contributed by atoms with E-state index in [1.165, 1.54) is 12.8 Å². The van der Waals surface area contributed by atoms with E-state index in [0.717, 1.165) is 48.2 Å².